The highest BCUT2D eigenvalue weighted by Gasteiger charge is 2.27. The lowest BCUT2D eigenvalue weighted by molar-refractivity contribution is -0.138. The molecular formula is C12H22N2O3. The molecule has 17 heavy (non-hydrogen) atoms. The average Bonchev–Trinajstić information content (AvgIpc) is 2.28. The second-order valence-corrected chi connectivity index (χ2v) is 4.75. The molecule has 1 saturated heterocycles. The minimum absolute atomic E-state index is 0.00946. The van der Waals surface area contributed by atoms with Gasteiger partial charge in [-0.1, -0.05) is 0 Å². The third-order valence-electron chi connectivity index (χ3n) is 2.92. The summed E-state index contributed by atoms with van der Waals surface area (Å²) in [5, 5.41) is 2.91. The molecule has 1 N–H and O–H groups in total. The van der Waals surface area contributed by atoms with Gasteiger partial charge in [0.05, 0.1) is 0 Å². The quantitative estimate of drug-likeness (QED) is 0.776. The Morgan fingerprint density at radius 2 is 1.94 bits per heavy atom. The van der Waals surface area contributed by atoms with Crippen LogP contribution in [0.15, 0.2) is 0 Å². The maximum Gasteiger partial charge on any atom is 0.248 e. The zero-order valence-electron chi connectivity index (χ0n) is 10.9. The molecule has 0 unspecified atom stereocenters. The highest BCUT2D eigenvalue weighted by molar-refractivity contribution is 5.80. The molecule has 2 amide bonds. The zero-order chi connectivity index (χ0) is 12.8. The first-order valence-electron chi connectivity index (χ1n) is 6.11. The molecule has 0 atom stereocenters. The van der Waals surface area contributed by atoms with Crippen molar-refractivity contribution in [3.05, 3.63) is 0 Å². The van der Waals surface area contributed by atoms with Crippen LogP contribution in [0.3, 0.4) is 0 Å². The second kappa shape index (κ2) is 6.59. The number of ether oxygens (including phenoxy) is 1. The lowest BCUT2D eigenvalue weighted by Gasteiger charge is -2.31. The van der Waals surface area contributed by atoms with E-state index in [9.17, 15) is 9.59 Å². The predicted molar refractivity (Wildman–Crippen MR) is 64.5 cm³/mol. The van der Waals surface area contributed by atoms with Crippen LogP contribution in [0.1, 0.15) is 26.7 Å². The van der Waals surface area contributed by atoms with E-state index >= 15 is 0 Å². The second-order valence-electron chi connectivity index (χ2n) is 4.75. The van der Waals surface area contributed by atoms with Crippen molar-refractivity contribution in [3.63, 3.8) is 0 Å². The van der Waals surface area contributed by atoms with Gasteiger partial charge in [-0.15, -0.1) is 0 Å². The van der Waals surface area contributed by atoms with E-state index in [1.807, 2.05) is 13.8 Å². The minimum atomic E-state index is 0.00946. The van der Waals surface area contributed by atoms with Crippen LogP contribution >= 0.6 is 0 Å². The number of rotatable bonds is 4. The van der Waals surface area contributed by atoms with E-state index in [0.717, 1.165) is 12.8 Å². The van der Waals surface area contributed by atoms with Crippen LogP contribution in [0, 0.1) is 5.92 Å². The van der Waals surface area contributed by atoms with Crippen LogP contribution < -0.4 is 5.32 Å². The Labute approximate surface area is 102 Å². The van der Waals surface area contributed by atoms with E-state index in [0.29, 0.717) is 13.1 Å². The molecular weight excluding hydrogens is 220 g/mol. The SMILES string of the molecule is COCC(=O)N1CCC(C(=O)NC(C)C)CC1. The molecule has 1 heterocycles. The van der Waals surface area contributed by atoms with E-state index < -0.39 is 0 Å². The summed E-state index contributed by atoms with van der Waals surface area (Å²) < 4.78 is 4.81. The fraction of sp³-hybridized carbons (Fsp3) is 0.833. The number of amides is 2. The van der Waals surface area contributed by atoms with Crippen LogP contribution in [0.4, 0.5) is 0 Å². The average molecular weight is 242 g/mol. The van der Waals surface area contributed by atoms with Gasteiger partial charge in [0.2, 0.25) is 11.8 Å². The summed E-state index contributed by atoms with van der Waals surface area (Å²) in [6.45, 7) is 5.34. The lowest BCUT2D eigenvalue weighted by Crippen LogP contribution is -2.45. The molecule has 5 nitrogen and oxygen atoms in total. The molecule has 0 spiro atoms. The van der Waals surface area contributed by atoms with Crippen molar-refractivity contribution in [2.75, 3.05) is 26.8 Å². The highest BCUT2D eigenvalue weighted by atomic mass is 16.5. The van der Waals surface area contributed by atoms with Gasteiger partial charge >= 0.3 is 0 Å². The molecule has 1 fully saturated rings. The van der Waals surface area contributed by atoms with Gasteiger partial charge in [0.1, 0.15) is 6.61 Å². The molecule has 0 bridgehead atoms. The molecule has 0 aromatic carbocycles. The number of methoxy groups -OCH3 is 1. The van der Waals surface area contributed by atoms with Crippen molar-refractivity contribution in [1.29, 1.82) is 0 Å². The number of hydrogen-bond acceptors (Lipinski definition) is 3. The summed E-state index contributed by atoms with van der Waals surface area (Å²) >= 11 is 0. The van der Waals surface area contributed by atoms with Gasteiger partial charge in [0.25, 0.3) is 0 Å². The summed E-state index contributed by atoms with van der Waals surface area (Å²) in [5.74, 6) is 0.165. The number of piperidine rings is 1. The summed E-state index contributed by atoms with van der Waals surface area (Å²) in [6, 6.07) is 0.177. The van der Waals surface area contributed by atoms with Crippen LogP contribution in [0.25, 0.3) is 0 Å². The Hall–Kier alpha value is -1.10. The fourth-order valence-electron chi connectivity index (χ4n) is 2.01. The van der Waals surface area contributed by atoms with E-state index in [4.69, 9.17) is 4.74 Å². The van der Waals surface area contributed by atoms with Gasteiger partial charge < -0.3 is 15.0 Å². The van der Waals surface area contributed by atoms with E-state index in [1.165, 1.54) is 7.11 Å². The first kappa shape index (κ1) is 14.0. The van der Waals surface area contributed by atoms with Gasteiger partial charge in [-0.25, -0.2) is 0 Å². The Morgan fingerprint density at radius 3 is 2.41 bits per heavy atom. The Bertz CT molecular complexity index is 271. The van der Waals surface area contributed by atoms with Crippen molar-refractivity contribution in [3.8, 4) is 0 Å². The Morgan fingerprint density at radius 1 is 1.35 bits per heavy atom. The first-order chi connectivity index (χ1) is 8.04. The summed E-state index contributed by atoms with van der Waals surface area (Å²) in [7, 11) is 1.51. The molecule has 98 valence electrons. The molecule has 1 aliphatic heterocycles. The van der Waals surface area contributed by atoms with Crippen LogP contribution in [-0.4, -0.2) is 49.6 Å². The predicted octanol–water partition coefficient (Wildman–Crippen LogP) is 0.396. The first-order valence-corrected chi connectivity index (χ1v) is 6.11. The summed E-state index contributed by atoms with van der Waals surface area (Å²) in [4.78, 5) is 25.1. The van der Waals surface area contributed by atoms with E-state index in [1.54, 1.807) is 4.90 Å². The molecule has 0 radical (unpaired) electrons. The van der Waals surface area contributed by atoms with E-state index in [-0.39, 0.29) is 30.4 Å². The molecule has 1 aliphatic rings. The van der Waals surface area contributed by atoms with Gasteiger partial charge in [-0.2, -0.15) is 0 Å². The van der Waals surface area contributed by atoms with Crippen molar-refractivity contribution >= 4 is 11.8 Å². The largest absolute Gasteiger partial charge is 0.375 e. The number of nitrogens with one attached hydrogen (secondary N) is 1. The molecule has 0 aromatic heterocycles. The number of carbonyl (C=O) groups excluding carboxylic acids is 2. The van der Waals surface area contributed by atoms with Gasteiger partial charge in [-0.05, 0) is 26.7 Å². The van der Waals surface area contributed by atoms with Crippen molar-refractivity contribution in [2.45, 2.75) is 32.7 Å². The Kier molecular flexibility index (Phi) is 5.41. The molecule has 0 aliphatic carbocycles. The third-order valence-corrected chi connectivity index (χ3v) is 2.92. The molecule has 0 aromatic rings. The van der Waals surface area contributed by atoms with Gasteiger partial charge in [0, 0.05) is 32.2 Å². The monoisotopic (exact) mass is 242 g/mol. The highest BCUT2D eigenvalue weighted by Crippen LogP contribution is 2.17. The van der Waals surface area contributed by atoms with Gasteiger partial charge in [0.15, 0.2) is 0 Å². The number of likely N-dealkylation sites (tertiary alicyclic amines) is 1. The molecule has 1 rings (SSSR count). The number of nitrogens with zero attached hydrogens (tertiary/aromatic N) is 1. The van der Waals surface area contributed by atoms with Crippen LogP contribution in [0.5, 0.6) is 0 Å². The molecule has 0 saturated carbocycles. The number of carbonyl (C=O) groups is 2. The van der Waals surface area contributed by atoms with Crippen molar-refractivity contribution < 1.29 is 14.3 Å². The number of hydrogen-bond donors (Lipinski definition) is 1. The standard InChI is InChI=1S/C12H22N2O3/c1-9(2)13-12(16)10-4-6-14(7-5-10)11(15)8-17-3/h9-10H,4-8H2,1-3H3,(H,13,16). The third kappa shape index (κ3) is 4.34. The minimum Gasteiger partial charge on any atom is -0.375 e. The summed E-state index contributed by atoms with van der Waals surface area (Å²) in [5.41, 5.74) is 0. The fourth-order valence-corrected chi connectivity index (χ4v) is 2.01. The Balaban J connectivity index is 2.35. The molecule has 5 heteroatoms. The summed E-state index contributed by atoms with van der Waals surface area (Å²) in [6.07, 6.45) is 1.49. The van der Waals surface area contributed by atoms with Crippen LogP contribution in [0.2, 0.25) is 0 Å². The van der Waals surface area contributed by atoms with Crippen molar-refractivity contribution in [2.24, 2.45) is 5.92 Å². The topological polar surface area (TPSA) is 58.6 Å². The van der Waals surface area contributed by atoms with Crippen LogP contribution in [-0.2, 0) is 14.3 Å². The van der Waals surface area contributed by atoms with Crippen molar-refractivity contribution in [1.82, 2.24) is 10.2 Å². The van der Waals surface area contributed by atoms with Gasteiger partial charge in [-0.3, -0.25) is 9.59 Å². The zero-order valence-corrected chi connectivity index (χ0v) is 10.9. The lowest BCUT2D eigenvalue weighted by atomic mass is 9.95. The van der Waals surface area contributed by atoms with E-state index in [2.05, 4.69) is 5.32 Å². The smallest absolute Gasteiger partial charge is 0.248 e. The maximum atomic E-state index is 11.8. The maximum absolute atomic E-state index is 11.8. The normalized spacial score (nSPS) is 17.3.